The van der Waals surface area contributed by atoms with Gasteiger partial charge in [-0.25, -0.2) is 4.98 Å². The van der Waals surface area contributed by atoms with Gasteiger partial charge in [0.25, 0.3) is 0 Å². The molecule has 1 fully saturated rings. The first kappa shape index (κ1) is 12.5. The van der Waals surface area contributed by atoms with E-state index in [1.807, 2.05) is 31.6 Å². The number of fused-ring (bicyclic) bond motifs is 1. The predicted molar refractivity (Wildman–Crippen MR) is 81.8 cm³/mol. The number of aliphatic hydroxyl groups excluding tert-OH is 1. The number of aryl methyl sites for hydroxylation is 1. The van der Waals surface area contributed by atoms with Crippen molar-refractivity contribution in [2.45, 2.75) is 25.4 Å². The molecule has 2 aromatic heterocycles. The van der Waals surface area contributed by atoms with Crippen molar-refractivity contribution < 1.29 is 5.11 Å². The molecule has 0 bridgehead atoms. The summed E-state index contributed by atoms with van der Waals surface area (Å²) in [5.74, 6) is 0.658. The molecular formula is C17H17N3O. The fourth-order valence-corrected chi connectivity index (χ4v) is 2.83. The van der Waals surface area contributed by atoms with Crippen LogP contribution in [0.2, 0.25) is 0 Å². The minimum atomic E-state index is 0.0491. The van der Waals surface area contributed by atoms with Gasteiger partial charge in [0.1, 0.15) is 0 Å². The normalized spacial score (nSPS) is 14.8. The predicted octanol–water partition coefficient (Wildman–Crippen LogP) is 3.01. The number of nitrogens with zero attached hydrogens (tertiary/aromatic N) is 3. The third-order valence-electron chi connectivity index (χ3n) is 4.11. The molecule has 4 rings (SSSR count). The van der Waals surface area contributed by atoms with Crippen LogP contribution in [0.3, 0.4) is 0 Å². The average molecular weight is 279 g/mol. The lowest BCUT2D eigenvalue weighted by atomic mass is 10.0. The second-order valence-corrected chi connectivity index (χ2v) is 5.78. The quantitative estimate of drug-likeness (QED) is 0.802. The average Bonchev–Trinajstić information content (AvgIpc) is 3.26. The maximum absolute atomic E-state index is 9.34. The van der Waals surface area contributed by atoms with E-state index in [0.29, 0.717) is 5.92 Å². The Labute approximate surface area is 123 Å². The molecule has 1 aliphatic rings. The molecule has 0 aliphatic heterocycles. The first-order valence-electron chi connectivity index (χ1n) is 7.28. The Morgan fingerprint density at radius 1 is 1.29 bits per heavy atom. The molecule has 0 amide bonds. The first-order chi connectivity index (χ1) is 10.2. The minimum Gasteiger partial charge on any atom is -0.392 e. The van der Waals surface area contributed by atoms with Crippen LogP contribution >= 0.6 is 0 Å². The van der Waals surface area contributed by atoms with Crippen molar-refractivity contribution >= 4 is 10.9 Å². The summed E-state index contributed by atoms with van der Waals surface area (Å²) in [6.45, 7) is 0.0491. The van der Waals surface area contributed by atoms with E-state index in [9.17, 15) is 5.11 Å². The molecule has 1 aromatic carbocycles. The summed E-state index contributed by atoms with van der Waals surface area (Å²) in [6.07, 6.45) is 6.35. The van der Waals surface area contributed by atoms with E-state index >= 15 is 0 Å². The number of pyridine rings is 1. The second-order valence-electron chi connectivity index (χ2n) is 5.78. The Bertz CT molecular complexity index is 818. The number of hydrogen-bond acceptors (Lipinski definition) is 3. The van der Waals surface area contributed by atoms with Crippen LogP contribution in [0.4, 0.5) is 0 Å². The summed E-state index contributed by atoms with van der Waals surface area (Å²) in [7, 11) is 1.91. The van der Waals surface area contributed by atoms with Gasteiger partial charge >= 0.3 is 0 Å². The largest absolute Gasteiger partial charge is 0.392 e. The molecule has 2 heterocycles. The monoisotopic (exact) mass is 279 g/mol. The van der Waals surface area contributed by atoms with Gasteiger partial charge in [0.05, 0.1) is 24.0 Å². The standard InChI is InChI=1S/C17H17N3O/c1-20-9-13(8-18-20)16-7-15(12-3-4-12)14-5-2-11(10-21)6-17(14)19-16/h2,5-9,12,21H,3-4,10H2,1H3. The van der Waals surface area contributed by atoms with Crippen LogP contribution in [0.5, 0.6) is 0 Å². The number of rotatable bonds is 3. The Morgan fingerprint density at radius 2 is 2.14 bits per heavy atom. The van der Waals surface area contributed by atoms with Crippen LogP contribution in [-0.4, -0.2) is 19.9 Å². The van der Waals surface area contributed by atoms with E-state index in [4.69, 9.17) is 4.98 Å². The van der Waals surface area contributed by atoms with Crippen molar-refractivity contribution in [2.24, 2.45) is 7.05 Å². The van der Waals surface area contributed by atoms with Gasteiger partial charge in [-0.05, 0) is 42.0 Å². The molecule has 4 nitrogen and oxygen atoms in total. The van der Waals surface area contributed by atoms with Crippen molar-refractivity contribution in [3.63, 3.8) is 0 Å². The molecule has 0 saturated heterocycles. The van der Waals surface area contributed by atoms with E-state index in [2.05, 4.69) is 17.2 Å². The van der Waals surface area contributed by atoms with Gasteiger partial charge in [-0.15, -0.1) is 0 Å². The van der Waals surface area contributed by atoms with Crippen molar-refractivity contribution in [2.75, 3.05) is 0 Å². The van der Waals surface area contributed by atoms with Crippen LogP contribution in [0.25, 0.3) is 22.2 Å². The molecule has 0 unspecified atom stereocenters. The molecule has 1 saturated carbocycles. The highest BCUT2D eigenvalue weighted by Crippen LogP contribution is 2.44. The molecule has 21 heavy (non-hydrogen) atoms. The first-order valence-corrected chi connectivity index (χ1v) is 7.28. The van der Waals surface area contributed by atoms with Crippen LogP contribution in [0, 0.1) is 0 Å². The molecule has 3 aromatic rings. The van der Waals surface area contributed by atoms with Crippen LogP contribution in [-0.2, 0) is 13.7 Å². The zero-order chi connectivity index (χ0) is 14.4. The van der Waals surface area contributed by atoms with Gasteiger partial charge in [-0.1, -0.05) is 12.1 Å². The van der Waals surface area contributed by atoms with Gasteiger partial charge in [-0.3, -0.25) is 4.68 Å². The number of hydrogen-bond donors (Lipinski definition) is 1. The molecule has 4 heteroatoms. The molecule has 1 aliphatic carbocycles. The zero-order valence-corrected chi connectivity index (χ0v) is 12.0. The van der Waals surface area contributed by atoms with E-state index < -0.39 is 0 Å². The Hall–Kier alpha value is -2.20. The maximum atomic E-state index is 9.34. The Balaban J connectivity index is 1.95. The number of aromatic nitrogens is 3. The summed E-state index contributed by atoms with van der Waals surface area (Å²) in [5.41, 5.74) is 5.25. The summed E-state index contributed by atoms with van der Waals surface area (Å²) >= 11 is 0. The molecule has 0 spiro atoms. The van der Waals surface area contributed by atoms with E-state index in [0.717, 1.165) is 22.3 Å². The summed E-state index contributed by atoms with van der Waals surface area (Å²) in [6, 6.07) is 8.27. The number of aliphatic hydroxyl groups is 1. The van der Waals surface area contributed by atoms with Crippen molar-refractivity contribution in [3.05, 3.63) is 47.8 Å². The van der Waals surface area contributed by atoms with Gasteiger partial charge in [0.2, 0.25) is 0 Å². The van der Waals surface area contributed by atoms with Crippen LogP contribution in [0.1, 0.15) is 29.9 Å². The lowest BCUT2D eigenvalue weighted by Crippen LogP contribution is -1.93. The summed E-state index contributed by atoms with van der Waals surface area (Å²) in [4.78, 5) is 4.77. The molecule has 106 valence electrons. The minimum absolute atomic E-state index is 0.0491. The Morgan fingerprint density at radius 3 is 2.81 bits per heavy atom. The van der Waals surface area contributed by atoms with Crippen LogP contribution < -0.4 is 0 Å². The lowest BCUT2D eigenvalue weighted by molar-refractivity contribution is 0.282. The van der Waals surface area contributed by atoms with Gasteiger partial charge in [-0.2, -0.15) is 5.10 Å². The van der Waals surface area contributed by atoms with Crippen molar-refractivity contribution in [3.8, 4) is 11.3 Å². The smallest absolute Gasteiger partial charge is 0.0744 e. The number of benzene rings is 1. The SMILES string of the molecule is Cn1cc(-c2cc(C3CC3)c3ccc(CO)cc3n2)cn1. The molecule has 0 atom stereocenters. The van der Waals surface area contributed by atoms with E-state index in [1.165, 1.54) is 23.8 Å². The van der Waals surface area contributed by atoms with Crippen molar-refractivity contribution in [1.82, 2.24) is 14.8 Å². The molecule has 1 N–H and O–H groups in total. The van der Waals surface area contributed by atoms with E-state index in [-0.39, 0.29) is 6.61 Å². The lowest BCUT2D eigenvalue weighted by Gasteiger charge is -2.09. The topological polar surface area (TPSA) is 50.9 Å². The third-order valence-corrected chi connectivity index (χ3v) is 4.11. The molecular weight excluding hydrogens is 262 g/mol. The van der Waals surface area contributed by atoms with Gasteiger partial charge in [0, 0.05) is 24.2 Å². The fourth-order valence-electron chi connectivity index (χ4n) is 2.83. The third kappa shape index (κ3) is 2.21. The Kier molecular flexibility index (Phi) is 2.79. The summed E-state index contributed by atoms with van der Waals surface area (Å²) in [5, 5.41) is 14.8. The second kappa shape index (κ2) is 4.67. The van der Waals surface area contributed by atoms with Crippen LogP contribution in [0.15, 0.2) is 36.7 Å². The van der Waals surface area contributed by atoms with Gasteiger partial charge in [0.15, 0.2) is 0 Å². The van der Waals surface area contributed by atoms with E-state index in [1.54, 1.807) is 4.68 Å². The fraction of sp³-hybridized carbons (Fsp3) is 0.294. The molecule has 0 radical (unpaired) electrons. The summed E-state index contributed by atoms with van der Waals surface area (Å²) < 4.78 is 1.79. The maximum Gasteiger partial charge on any atom is 0.0744 e. The van der Waals surface area contributed by atoms with Crippen molar-refractivity contribution in [1.29, 1.82) is 0 Å². The highest BCUT2D eigenvalue weighted by molar-refractivity contribution is 5.86. The zero-order valence-electron chi connectivity index (χ0n) is 12.0. The highest BCUT2D eigenvalue weighted by atomic mass is 16.3. The highest BCUT2D eigenvalue weighted by Gasteiger charge is 2.26. The van der Waals surface area contributed by atoms with Gasteiger partial charge < -0.3 is 5.11 Å².